The smallest absolute Gasteiger partial charge is 0.261 e. The molecule has 0 aliphatic rings. The third-order valence-electron chi connectivity index (χ3n) is 5.12. The Bertz CT molecular complexity index is 1420. The summed E-state index contributed by atoms with van der Waals surface area (Å²) >= 11 is 2.13. The van der Waals surface area contributed by atoms with Gasteiger partial charge in [-0.15, -0.1) is 0 Å². The summed E-state index contributed by atoms with van der Waals surface area (Å²) in [5.41, 5.74) is 3.48. The zero-order chi connectivity index (χ0) is 23.8. The normalized spacial score (nSPS) is 11.4. The van der Waals surface area contributed by atoms with Crippen LogP contribution in [0.5, 0.6) is 11.6 Å². The van der Waals surface area contributed by atoms with Gasteiger partial charge in [0.1, 0.15) is 11.6 Å². The molecule has 0 spiro atoms. The molecule has 4 rings (SSSR count). The van der Waals surface area contributed by atoms with Crippen LogP contribution >= 0.6 is 22.6 Å². The van der Waals surface area contributed by atoms with Gasteiger partial charge >= 0.3 is 0 Å². The van der Waals surface area contributed by atoms with E-state index in [0.29, 0.717) is 29.0 Å². The van der Waals surface area contributed by atoms with E-state index >= 15 is 0 Å². The van der Waals surface area contributed by atoms with Crippen molar-refractivity contribution < 1.29 is 13.2 Å². The second-order valence-electron chi connectivity index (χ2n) is 7.51. The molecule has 10 heteroatoms. The summed E-state index contributed by atoms with van der Waals surface area (Å²) in [5.74, 6) is 2.05. The van der Waals surface area contributed by atoms with Gasteiger partial charge < -0.3 is 4.74 Å². The van der Waals surface area contributed by atoms with E-state index in [-0.39, 0.29) is 4.90 Å². The van der Waals surface area contributed by atoms with Crippen LogP contribution in [0.1, 0.15) is 22.8 Å². The molecule has 2 aromatic heterocycles. The van der Waals surface area contributed by atoms with E-state index in [2.05, 4.69) is 42.4 Å². The number of hydrogen-bond donors (Lipinski definition) is 1. The molecule has 0 aliphatic heterocycles. The molecule has 0 bridgehead atoms. The Balaban J connectivity index is 1.53. The first-order valence-corrected chi connectivity index (χ1v) is 12.6. The third-order valence-corrected chi connectivity index (χ3v) is 7.24. The SMILES string of the molecule is Cc1nc(Oc2ccc(NS(=O)(=O)c3ccc(I)cc3)cc2)cc(-n2nc(C)c(C)c2C)n1. The van der Waals surface area contributed by atoms with E-state index in [0.717, 1.165) is 20.5 Å². The van der Waals surface area contributed by atoms with E-state index in [1.807, 2.05) is 20.8 Å². The number of ether oxygens (including phenoxy) is 1. The number of aromatic nitrogens is 4. The molecule has 0 unspecified atom stereocenters. The number of aryl methyl sites for hydroxylation is 2. The van der Waals surface area contributed by atoms with Crippen molar-refractivity contribution in [2.45, 2.75) is 32.6 Å². The zero-order valence-corrected chi connectivity index (χ0v) is 21.5. The van der Waals surface area contributed by atoms with Crippen LogP contribution in [0.2, 0.25) is 0 Å². The van der Waals surface area contributed by atoms with Crippen LogP contribution in [-0.4, -0.2) is 28.2 Å². The predicted molar refractivity (Wildman–Crippen MR) is 135 cm³/mol. The minimum absolute atomic E-state index is 0.201. The lowest BCUT2D eigenvalue weighted by Gasteiger charge is -2.11. The molecule has 0 aliphatic carbocycles. The van der Waals surface area contributed by atoms with Gasteiger partial charge in [0.2, 0.25) is 5.88 Å². The van der Waals surface area contributed by atoms with Crippen molar-refractivity contribution in [2.75, 3.05) is 4.72 Å². The molecule has 8 nitrogen and oxygen atoms in total. The summed E-state index contributed by atoms with van der Waals surface area (Å²) in [6, 6.07) is 15.0. The van der Waals surface area contributed by atoms with Crippen LogP contribution < -0.4 is 9.46 Å². The van der Waals surface area contributed by atoms with Gasteiger partial charge in [0.25, 0.3) is 10.0 Å². The van der Waals surface area contributed by atoms with Crippen molar-refractivity contribution in [3.05, 3.63) is 80.9 Å². The molecule has 2 aromatic carbocycles. The van der Waals surface area contributed by atoms with E-state index in [9.17, 15) is 8.42 Å². The van der Waals surface area contributed by atoms with E-state index in [1.54, 1.807) is 66.2 Å². The second-order valence-corrected chi connectivity index (χ2v) is 10.4. The van der Waals surface area contributed by atoms with Crippen LogP contribution in [0.4, 0.5) is 5.69 Å². The largest absolute Gasteiger partial charge is 0.439 e. The molecule has 0 atom stereocenters. The highest BCUT2D eigenvalue weighted by Gasteiger charge is 2.15. The number of nitrogens with one attached hydrogen (secondary N) is 1. The molecule has 0 saturated heterocycles. The molecule has 0 amide bonds. The molecule has 1 N–H and O–H groups in total. The Hall–Kier alpha value is -2.99. The lowest BCUT2D eigenvalue weighted by atomic mass is 10.2. The van der Waals surface area contributed by atoms with Crippen molar-refractivity contribution >= 4 is 38.3 Å². The minimum atomic E-state index is -3.67. The maximum Gasteiger partial charge on any atom is 0.261 e. The van der Waals surface area contributed by atoms with Gasteiger partial charge in [-0.05, 0) is 104 Å². The summed E-state index contributed by atoms with van der Waals surface area (Å²) in [4.78, 5) is 9.04. The highest BCUT2D eigenvalue weighted by atomic mass is 127. The fraction of sp³-hybridized carbons (Fsp3) is 0.174. The number of rotatable bonds is 6. The average molecular weight is 575 g/mol. The number of sulfonamides is 1. The summed E-state index contributed by atoms with van der Waals surface area (Å²) in [6.45, 7) is 7.76. The second kappa shape index (κ2) is 9.10. The van der Waals surface area contributed by atoms with Gasteiger partial charge in [0.15, 0.2) is 5.82 Å². The Labute approximate surface area is 206 Å². The van der Waals surface area contributed by atoms with Crippen molar-refractivity contribution in [3.8, 4) is 17.4 Å². The molecular formula is C23H22IN5O3S. The Kier molecular flexibility index (Phi) is 6.39. The Morgan fingerprint density at radius 1 is 0.939 bits per heavy atom. The van der Waals surface area contributed by atoms with Crippen molar-refractivity contribution in [1.82, 2.24) is 19.7 Å². The highest BCUT2D eigenvalue weighted by Crippen LogP contribution is 2.25. The quantitative estimate of drug-likeness (QED) is 0.322. The summed E-state index contributed by atoms with van der Waals surface area (Å²) < 4.78 is 36.4. The monoisotopic (exact) mass is 575 g/mol. The van der Waals surface area contributed by atoms with Crippen LogP contribution in [0.15, 0.2) is 59.5 Å². The first-order chi connectivity index (χ1) is 15.6. The van der Waals surface area contributed by atoms with Crippen molar-refractivity contribution in [2.24, 2.45) is 0 Å². The average Bonchev–Trinajstić information content (AvgIpc) is 3.02. The lowest BCUT2D eigenvalue weighted by Crippen LogP contribution is -2.12. The fourth-order valence-electron chi connectivity index (χ4n) is 3.17. The topological polar surface area (TPSA) is 99.0 Å². The Morgan fingerprint density at radius 3 is 2.21 bits per heavy atom. The molecular weight excluding hydrogens is 553 g/mol. The van der Waals surface area contributed by atoms with E-state index < -0.39 is 10.0 Å². The first-order valence-electron chi connectivity index (χ1n) is 10.1. The predicted octanol–water partition coefficient (Wildman–Crippen LogP) is 5.09. The number of benzene rings is 2. The van der Waals surface area contributed by atoms with Gasteiger partial charge in [-0.1, -0.05) is 0 Å². The molecule has 0 radical (unpaired) electrons. The van der Waals surface area contributed by atoms with Crippen LogP contribution in [0.25, 0.3) is 5.82 Å². The van der Waals surface area contributed by atoms with E-state index in [4.69, 9.17) is 4.74 Å². The first kappa shape index (κ1) is 23.2. The van der Waals surface area contributed by atoms with Gasteiger partial charge in [0, 0.05) is 21.0 Å². The lowest BCUT2D eigenvalue weighted by molar-refractivity contribution is 0.459. The standard InChI is InChI=1S/C23H22IN5O3S/c1-14-15(2)27-29(16(14)3)22-13-23(26-17(4)25-22)32-20-9-7-19(8-10-20)28-33(30,31)21-11-5-18(24)6-12-21/h5-13,28H,1-4H3. The van der Waals surface area contributed by atoms with Crippen molar-refractivity contribution in [3.63, 3.8) is 0 Å². The number of nitrogens with zero attached hydrogens (tertiary/aromatic N) is 4. The number of anilines is 1. The molecule has 4 aromatic rings. The molecule has 2 heterocycles. The summed E-state index contributed by atoms with van der Waals surface area (Å²) in [6.07, 6.45) is 0. The van der Waals surface area contributed by atoms with Gasteiger partial charge in [-0.3, -0.25) is 4.72 Å². The van der Waals surface area contributed by atoms with Crippen LogP contribution in [0, 0.1) is 31.3 Å². The highest BCUT2D eigenvalue weighted by molar-refractivity contribution is 14.1. The minimum Gasteiger partial charge on any atom is -0.439 e. The number of halogens is 1. The van der Waals surface area contributed by atoms with Gasteiger partial charge in [-0.2, -0.15) is 10.1 Å². The Morgan fingerprint density at radius 2 is 1.61 bits per heavy atom. The van der Waals surface area contributed by atoms with Crippen LogP contribution in [-0.2, 0) is 10.0 Å². The molecule has 33 heavy (non-hydrogen) atoms. The maximum atomic E-state index is 12.6. The van der Waals surface area contributed by atoms with Crippen LogP contribution in [0.3, 0.4) is 0 Å². The number of hydrogen-bond acceptors (Lipinski definition) is 6. The van der Waals surface area contributed by atoms with Gasteiger partial charge in [0.05, 0.1) is 10.6 Å². The molecule has 0 fully saturated rings. The summed E-state index contributed by atoms with van der Waals surface area (Å²) in [7, 11) is -3.67. The third kappa shape index (κ3) is 5.17. The maximum absolute atomic E-state index is 12.6. The fourth-order valence-corrected chi connectivity index (χ4v) is 4.59. The van der Waals surface area contributed by atoms with Crippen molar-refractivity contribution in [1.29, 1.82) is 0 Å². The molecule has 0 saturated carbocycles. The van der Waals surface area contributed by atoms with Gasteiger partial charge in [-0.25, -0.2) is 18.1 Å². The summed E-state index contributed by atoms with van der Waals surface area (Å²) in [5, 5.41) is 4.55. The molecule has 170 valence electrons. The van der Waals surface area contributed by atoms with E-state index in [1.165, 1.54) is 0 Å². The zero-order valence-electron chi connectivity index (χ0n) is 18.5.